The van der Waals surface area contributed by atoms with Crippen molar-refractivity contribution in [2.45, 2.75) is 77.4 Å². The van der Waals surface area contributed by atoms with Crippen LogP contribution in [0, 0.1) is 0 Å². The SMILES string of the molecule is CC(C)(C)OC(=O)N1C2CCC1C(Cl)=C(O[Si](C)(C)C)C2. The largest absolute Gasteiger partial charge is 0.546 e. The van der Waals surface area contributed by atoms with E-state index in [0.29, 0.717) is 11.5 Å². The van der Waals surface area contributed by atoms with Crippen molar-refractivity contribution in [3.63, 3.8) is 0 Å². The molecule has 2 heterocycles. The number of hydrogen-bond acceptors (Lipinski definition) is 3. The van der Waals surface area contributed by atoms with Crippen LogP contribution in [0.15, 0.2) is 10.8 Å². The lowest BCUT2D eigenvalue weighted by atomic mass is 10.1. The molecule has 0 N–H and O–H groups in total. The third kappa shape index (κ3) is 3.95. The minimum atomic E-state index is -1.68. The summed E-state index contributed by atoms with van der Waals surface area (Å²) < 4.78 is 11.6. The van der Waals surface area contributed by atoms with Gasteiger partial charge in [0.1, 0.15) is 5.60 Å². The van der Waals surface area contributed by atoms with Crippen molar-refractivity contribution in [1.82, 2.24) is 4.90 Å². The van der Waals surface area contributed by atoms with Gasteiger partial charge >= 0.3 is 6.09 Å². The lowest BCUT2D eigenvalue weighted by Gasteiger charge is -2.38. The first-order chi connectivity index (χ1) is 9.48. The van der Waals surface area contributed by atoms with Crippen LogP contribution in [-0.4, -0.2) is 37.0 Å². The third-order valence-corrected chi connectivity index (χ3v) is 4.84. The molecule has 1 fully saturated rings. The van der Waals surface area contributed by atoms with E-state index in [1.54, 1.807) is 0 Å². The Morgan fingerprint density at radius 2 is 1.90 bits per heavy atom. The first-order valence-corrected chi connectivity index (χ1v) is 11.4. The summed E-state index contributed by atoms with van der Waals surface area (Å²) in [5.74, 6) is 0.892. The predicted octanol–water partition coefficient (Wildman–Crippen LogP) is 4.46. The van der Waals surface area contributed by atoms with Crippen molar-refractivity contribution in [3.8, 4) is 0 Å². The van der Waals surface area contributed by atoms with Crippen LogP contribution in [0.1, 0.15) is 40.0 Å². The molecule has 0 aromatic rings. The summed E-state index contributed by atoms with van der Waals surface area (Å²) in [5, 5.41) is 0.692. The molecule has 21 heavy (non-hydrogen) atoms. The van der Waals surface area contributed by atoms with Crippen molar-refractivity contribution < 1.29 is 14.0 Å². The molecule has 0 aliphatic carbocycles. The van der Waals surface area contributed by atoms with Gasteiger partial charge in [-0.15, -0.1) is 0 Å². The number of fused-ring (bicyclic) bond motifs is 2. The molecule has 6 heteroatoms. The van der Waals surface area contributed by atoms with E-state index < -0.39 is 13.9 Å². The molecule has 2 rings (SSSR count). The molecule has 0 aromatic carbocycles. The smallest absolute Gasteiger partial charge is 0.411 e. The topological polar surface area (TPSA) is 38.8 Å². The van der Waals surface area contributed by atoms with Crippen molar-refractivity contribution in [2.75, 3.05) is 0 Å². The molecule has 2 bridgehead atoms. The van der Waals surface area contributed by atoms with Gasteiger partial charge in [0.05, 0.1) is 16.8 Å². The summed E-state index contributed by atoms with van der Waals surface area (Å²) >= 11 is 6.52. The highest BCUT2D eigenvalue weighted by Crippen LogP contribution is 2.42. The average Bonchev–Trinajstić information content (AvgIpc) is 2.60. The maximum Gasteiger partial charge on any atom is 0.411 e. The number of halogens is 1. The maximum absolute atomic E-state index is 12.4. The highest BCUT2D eigenvalue weighted by Gasteiger charge is 2.46. The van der Waals surface area contributed by atoms with Gasteiger partial charge in [-0.05, 0) is 53.3 Å². The van der Waals surface area contributed by atoms with E-state index in [2.05, 4.69) is 19.6 Å². The molecule has 4 nitrogen and oxygen atoms in total. The highest BCUT2D eigenvalue weighted by molar-refractivity contribution is 6.70. The fraction of sp³-hybridized carbons (Fsp3) is 0.800. The lowest BCUT2D eigenvalue weighted by Crippen LogP contribution is -2.47. The van der Waals surface area contributed by atoms with Gasteiger partial charge in [-0.25, -0.2) is 4.79 Å². The monoisotopic (exact) mass is 331 g/mol. The molecule has 0 radical (unpaired) electrons. The van der Waals surface area contributed by atoms with Crippen LogP contribution in [0.4, 0.5) is 4.79 Å². The Morgan fingerprint density at radius 3 is 2.43 bits per heavy atom. The summed E-state index contributed by atoms with van der Waals surface area (Å²) in [6, 6.07) is 0.0744. The molecule has 0 saturated carbocycles. The third-order valence-electron chi connectivity index (χ3n) is 3.52. The molecule has 2 atom stereocenters. The standard InChI is InChI=1S/C15H26ClNO3Si/c1-15(2,3)19-14(18)17-10-7-8-11(17)13(16)12(9-10)20-21(4,5)6/h10-11H,7-9H2,1-6H3. The molecule has 1 saturated heterocycles. The van der Waals surface area contributed by atoms with E-state index in [0.717, 1.165) is 18.6 Å². The van der Waals surface area contributed by atoms with Gasteiger partial charge in [0.25, 0.3) is 0 Å². The maximum atomic E-state index is 12.4. The Balaban J connectivity index is 2.18. The van der Waals surface area contributed by atoms with Crippen molar-refractivity contribution in [2.24, 2.45) is 0 Å². The molecule has 0 spiro atoms. The molecule has 120 valence electrons. The lowest BCUT2D eigenvalue weighted by molar-refractivity contribution is 0.0149. The molecule has 2 aliphatic heterocycles. The molecular formula is C15H26ClNO3Si. The number of ether oxygens (including phenoxy) is 1. The van der Waals surface area contributed by atoms with Crippen LogP contribution in [0.25, 0.3) is 0 Å². The summed E-state index contributed by atoms with van der Waals surface area (Å²) in [6.45, 7) is 12.1. The van der Waals surface area contributed by atoms with Crippen LogP contribution in [0.5, 0.6) is 0 Å². The van der Waals surface area contributed by atoms with Crippen LogP contribution in [0.2, 0.25) is 19.6 Å². The normalized spacial score (nSPS) is 26.1. The van der Waals surface area contributed by atoms with Gasteiger partial charge in [0.15, 0.2) is 0 Å². The summed E-state index contributed by atoms with van der Waals surface area (Å²) in [7, 11) is -1.68. The van der Waals surface area contributed by atoms with E-state index in [-0.39, 0.29) is 18.2 Å². The van der Waals surface area contributed by atoms with Crippen LogP contribution in [-0.2, 0) is 9.16 Å². The Bertz CT molecular complexity index is 465. The summed E-state index contributed by atoms with van der Waals surface area (Å²) in [4.78, 5) is 14.2. The van der Waals surface area contributed by atoms with E-state index in [1.807, 2.05) is 25.7 Å². The molecule has 2 aliphatic rings. The van der Waals surface area contributed by atoms with Gasteiger partial charge < -0.3 is 9.16 Å². The zero-order chi connectivity index (χ0) is 16.0. The average molecular weight is 332 g/mol. The van der Waals surface area contributed by atoms with E-state index in [1.165, 1.54) is 0 Å². The number of carbonyl (C=O) groups is 1. The zero-order valence-electron chi connectivity index (χ0n) is 13.8. The Hall–Kier alpha value is -0.683. The minimum absolute atomic E-state index is 0.0772. The predicted molar refractivity (Wildman–Crippen MR) is 86.8 cm³/mol. The molecule has 1 amide bonds. The zero-order valence-corrected chi connectivity index (χ0v) is 15.6. The van der Waals surface area contributed by atoms with Gasteiger partial charge in [-0.3, -0.25) is 4.90 Å². The number of amides is 1. The van der Waals surface area contributed by atoms with Gasteiger partial charge in [-0.1, -0.05) is 11.6 Å². The second-order valence-corrected chi connectivity index (χ2v) is 12.7. The Kier molecular flexibility index (Phi) is 4.37. The summed E-state index contributed by atoms with van der Waals surface area (Å²) in [5.41, 5.74) is -0.484. The summed E-state index contributed by atoms with van der Waals surface area (Å²) in [6.07, 6.45) is 2.29. The Morgan fingerprint density at radius 1 is 1.29 bits per heavy atom. The van der Waals surface area contributed by atoms with Gasteiger partial charge in [0.2, 0.25) is 8.32 Å². The van der Waals surface area contributed by atoms with Crippen LogP contribution >= 0.6 is 11.6 Å². The number of carbonyl (C=O) groups excluding carboxylic acids is 1. The highest BCUT2D eigenvalue weighted by atomic mass is 35.5. The van der Waals surface area contributed by atoms with Crippen LogP contribution < -0.4 is 0 Å². The number of hydrogen-bond donors (Lipinski definition) is 0. The van der Waals surface area contributed by atoms with Crippen LogP contribution in [0.3, 0.4) is 0 Å². The van der Waals surface area contributed by atoms with Gasteiger partial charge in [-0.2, -0.15) is 0 Å². The van der Waals surface area contributed by atoms with E-state index >= 15 is 0 Å². The van der Waals surface area contributed by atoms with Crippen molar-refractivity contribution in [1.29, 1.82) is 0 Å². The van der Waals surface area contributed by atoms with Gasteiger partial charge in [0, 0.05) is 12.5 Å². The van der Waals surface area contributed by atoms with Crippen molar-refractivity contribution in [3.05, 3.63) is 10.8 Å². The fourth-order valence-electron chi connectivity index (χ4n) is 2.88. The molecule has 0 aromatic heterocycles. The first-order valence-electron chi connectivity index (χ1n) is 7.57. The molecule has 2 unspecified atom stereocenters. The Labute approximate surface area is 133 Å². The first kappa shape index (κ1) is 16.7. The number of nitrogens with zero attached hydrogens (tertiary/aromatic N) is 1. The quantitative estimate of drug-likeness (QED) is 0.701. The molecular weight excluding hydrogens is 306 g/mol. The van der Waals surface area contributed by atoms with E-state index in [9.17, 15) is 4.79 Å². The van der Waals surface area contributed by atoms with E-state index in [4.69, 9.17) is 20.8 Å². The fourth-order valence-corrected chi connectivity index (χ4v) is 4.21. The second-order valence-electron chi connectivity index (χ2n) is 7.82. The minimum Gasteiger partial charge on any atom is -0.546 e. The number of rotatable bonds is 2. The second kappa shape index (κ2) is 5.50. The van der Waals surface area contributed by atoms with Crippen molar-refractivity contribution >= 4 is 26.0 Å².